The van der Waals surface area contributed by atoms with Gasteiger partial charge in [0.2, 0.25) is 5.91 Å². The lowest BCUT2D eigenvalue weighted by Crippen LogP contribution is -2.41. The fraction of sp³-hybridized carbons (Fsp3) is 0.944. The van der Waals surface area contributed by atoms with Crippen LogP contribution in [0.1, 0.15) is 91.4 Å². The molecule has 0 aromatic heterocycles. The maximum absolute atomic E-state index is 11.7. The number of amides is 1. The molecule has 0 bridgehead atoms. The Bertz CT molecular complexity index is 247. The first-order chi connectivity index (χ1) is 10.1. The van der Waals surface area contributed by atoms with Gasteiger partial charge in [0.05, 0.1) is 6.04 Å². The second-order valence-corrected chi connectivity index (χ2v) is 6.71. The largest absolute Gasteiger partial charge is 0.355 e. The molecule has 0 aromatic rings. The third kappa shape index (κ3) is 16.1. The Balaban J connectivity index is 0. The molecule has 0 aliphatic heterocycles. The third-order valence-corrected chi connectivity index (χ3v) is 3.89. The van der Waals surface area contributed by atoms with E-state index in [1.807, 2.05) is 0 Å². The monoisotopic (exact) mass is 334 g/mol. The molecule has 0 unspecified atom stereocenters. The number of unbranched alkanes of at least 4 members (excludes halogenated alkanes) is 9. The molecule has 0 rings (SSSR count). The number of nitrogens with one attached hydrogen (secondary N) is 1. The molecule has 0 heterocycles. The fourth-order valence-electron chi connectivity index (χ4n) is 2.57. The van der Waals surface area contributed by atoms with Crippen LogP contribution in [-0.4, -0.2) is 18.5 Å². The van der Waals surface area contributed by atoms with Crippen LogP contribution in [0.2, 0.25) is 0 Å². The fourth-order valence-corrected chi connectivity index (χ4v) is 2.57. The van der Waals surface area contributed by atoms with E-state index >= 15 is 0 Å². The molecule has 0 aliphatic rings. The van der Waals surface area contributed by atoms with E-state index in [0.29, 0.717) is 5.92 Å². The number of hydrogen-bond donors (Lipinski definition) is 2. The Morgan fingerprint density at radius 1 is 0.909 bits per heavy atom. The van der Waals surface area contributed by atoms with Crippen LogP contribution in [0, 0.1) is 5.92 Å². The van der Waals surface area contributed by atoms with Crippen LogP contribution in [0.15, 0.2) is 0 Å². The first-order valence-electron chi connectivity index (χ1n) is 9.11. The highest BCUT2D eigenvalue weighted by Gasteiger charge is 2.13. The first-order valence-corrected chi connectivity index (χ1v) is 9.11. The SMILES string of the molecule is CCCCCCCCCCCCNC(=O)[C@@H](N)CC(C)C.Cl. The van der Waals surface area contributed by atoms with E-state index in [-0.39, 0.29) is 24.4 Å². The van der Waals surface area contributed by atoms with Crippen molar-refractivity contribution in [2.75, 3.05) is 6.54 Å². The summed E-state index contributed by atoms with van der Waals surface area (Å²) in [5, 5.41) is 2.95. The molecule has 4 heteroatoms. The standard InChI is InChI=1S/C18H38N2O.ClH/c1-4-5-6-7-8-9-10-11-12-13-14-20-18(21)17(19)15-16(2)3;/h16-17H,4-15,19H2,1-3H3,(H,20,21);1H/t17-;/m0./s1. The average molecular weight is 335 g/mol. The minimum Gasteiger partial charge on any atom is -0.355 e. The maximum Gasteiger partial charge on any atom is 0.236 e. The Kier molecular flexibility index (Phi) is 18.6. The summed E-state index contributed by atoms with van der Waals surface area (Å²) in [7, 11) is 0. The summed E-state index contributed by atoms with van der Waals surface area (Å²) < 4.78 is 0. The zero-order valence-corrected chi connectivity index (χ0v) is 15.9. The number of hydrogen-bond acceptors (Lipinski definition) is 2. The van der Waals surface area contributed by atoms with Gasteiger partial charge in [0.15, 0.2) is 0 Å². The summed E-state index contributed by atoms with van der Waals surface area (Å²) in [6, 6.07) is -0.340. The molecule has 0 saturated heterocycles. The first kappa shape index (κ1) is 24.0. The van der Waals surface area contributed by atoms with Gasteiger partial charge in [-0.25, -0.2) is 0 Å². The van der Waals surface area contributed by atoms with Crippen LogP contribution < -0.4 is 11.1 Å². The van der Waals surface area contributed by atoms with Crippen molar-refractivity contribution in [3.63, 3.8) is 0 Å². The highest BCUT2D eigenvalue weighted by atomic mass is 35.5. The molecule has 1 atom stereocenters. The molecule has 0 spiro atoms. The summed E-state index contributed by atoms with van der Waals surface area (Å²) in [4.78, 5) is 11.7. The lowest BCUT2D eigenvalue weighted by atomic mass is 10.0. The van der Waals surface area contributed by atoms with E-state index in [9.17, 15) is 4.79 Å². The maximum atomic E-state index is 11.7. The topological polar surface area (TPSA) is 55.1 Å². The molecule has 0 radical (unpaired) electrons. The van der Waals surface area contributed by atoms with Gasteiger partial charge in [0, 0.05) is 6.54 Å². The normalized spacial score (nSPS) is 12.0. The Morgan fingerprint density at radius 2 is 1.36 bits per heavy atom. The predicted octanol–water partition coefficient (Wildman–Crippen LogP) is 4.82. The highest BCUT2D eigenvalue weighted by Crippen LogP contribution is 2.10. The lowest BCUT2D eigenvalue weighted by Gasteiger charge is -2.14. The lowest BCUT2D eigenvalue weighted by molar-refractivity contribution is -0.122. The van der Waals surface area contributed by atoms with Crippen molar-refractivity contribution in [2.45, 2.75) is 97.4 Å². The molecule has 22 heavy (non-hydrogen) atoms. The van der Waals surface area contributed by atoms with Crippen molar-refractivity contribution >= 4 is 18.3 Å². The molecule has 1 amide bonds. The van der Waals surface area contributed by atoms with Crippen molar-refractivity contribution in [1.29, 1.82) is 0 Å². The second kappa shape index (κ2) is 17.1. The smallest absolute Gasteiger partial charge is 0.236 e. The minimum atomic E-state index is -0.340. The van der Waals surface area contributed by atoms with Gasteiger partial charge in [-0.3, -0.25) is 4.79 Å². The van der Waals surface area contributed by atoms with Gasteiger partial charge in [-0.1, -0.05) is 78.6 Å². The summed E-state index contributed by atoms with van der Waals surface area (Å²) in [5.74, 6) is 0.489. The molecule has 3 nitrogen and oxygen atoms in total. The molecular weight excluding hydrogens is 296 g/mol. The summed E-state index contributed by atoms with van der Waals surface area (Å²) in [6.45, 7) is 7.22. The van der Waals surface area contributed by atoms with Gasteiger partial charge >= 0.3 is 0 Å². The molecule has 0 saturated carbocycles. The van der Waals surface area contributed by atoms with Crippen LogP contribution >= 0.6 is 12.4 Å². The van der Waals surface area contributed by atoms with E-state index in [0.717, 1.165) is 19.4 Å². The van der Waals surface area contributed by atoms with Crippen LogP contribution in [-0.2, 0) is 4.79 Å². The van der Waals surface area contributed by atoms with Gasteiger partial charge in [0.1, 0.15) is 0 Å². The number of nitrogens with two attached hydrogens (primary N) is 1. The second-order valence-electron chi connectivity index (χ2n) is 6.71. The zero-order valence-electron chi connectivity index (χ0n) is 15.0. The summed E-state index contributed by atoms with van der Waals surface area (Å²) >= 11 is 0. The highest BCUT2D eigenvalue weighted by molar-refractivity contribution is 5.85. The molecule has 3 N–H and O–H groups in total. The number of carbonyl (C=O) groups excluding carboxylic acids is 1. The van der Waals surface area contributed by atoms with Crippen LogP contribution in [0.5, 0.6) is 0 Å². The van der Waals surface area contributed by atoms with E-state index in [1.165, 1.54) is 57.8 Å². The number of carbonyl (C=O) groups is 1. The van der Waals surface area contributed by atoms with Gasteiger partial charge in [-0.2, -0.15) is 0 Å². The van der Waals surface area contributed by atoms with Crippen LogP contribution in [0.25, 0.3) is 0 Å². The quantitative estimate of drug-likeness (QED) is 0.447. The third-order valence-electron chi connectivity index (χ3n) is 3.89. The van der Waals surface area contributed by atoms with Gasteiger partial charge < -0.3 is 11.1 Å². The molecule has 0 fully saturated rings. The Morgan fingerprint density at radius 3 is 1.82 bits per heavy atom. The van der Waals surface area contributed by atoms with Crippen molar-refractivity contribution < 1.29 is 4.79 Å². The molecular formula is C18H39ClN2O. The van der Waals surface area contributed by atoms with Gasteiger partial charge in [-0.05, 0) is 18.8 Å². The van der Waals surface area contributed by atoms with E-state index in [2.05, 4.69) is 26.1 Å². The van der Waals surface area contributed by atoms with Gasteiger partial charge in [-0.15, -0.1) is 12.4 Å². The van der Waals surface area contributed by atoms with Gasteiger partial charge in [0.25, 0.3) is 0 Å². The Hall–Kier alpha value is -0.280. The van der Waals surface area contributed by atoms with Crippen LogP contribution in [0.3, 0.4) is 0 Å². The van der Waals surface area contributed by atoms with E-state index in [1.54, 1.807) is 0 Å². The van der Waals surface area contributed by atoms with Crippen LogP contribution in [0.4, 0.5) is 0 Å². The minimum absolute atomic E-state index is 0. The van der Waals surface area contributed by atoms with Crippen molar-refractivity contribution in [3.8, 4) is 0 Å². The molecule has 134 valence electrons. The predicted molar refractivity (Wildman–Crippen MR) is 99.5 cm³/mol. The van der Waals surface area contributed by atoms with Crippen molar-refractivity contribution in [2.24, 2.45) is 11.7 Å². The Labute approximate surface area is 144 Å². The van der Waals surface area contributed by atoms with Crippen molar-refractivity contribution in [3.05, 3.63) is 0 Å². The number of halogens is 1. The zero-order chi connectivity index (χ0) is 15.9. The average Bonchev–Trinajstić information content (AvgIpc) is 2.43. The summed E-state index contributed by atoms with van der Waals surface area (Å²) in [5.41, 5.74) is 5.84. The van der Waals surface area contributed by atoms with E-state index in [4.69, 9.17) is 5.73 Å². The molecule has 0 aliphatic carbocycles. The van der Waals surface area contributed by atoms with Crippen molar-refractivity contribution in [1.82, 2.24) is 5.32 Å². The molecule has 0 aromatic carbocycles. The number of rotatable bonds is 14. The van der Waals surface area contributed by atoms with E-state index < -0.39 is 0 Å². The summed E-state index contributed by atoms with van der Waals surface area (Å²) in [6.07, 6.45) is 14.0.